The van der Waals surface area contributed by atoms with Gasteiger partial charge in [0.1, 0.15) is 5.75 Å². The molecule has 0 saturated carbocycles. The molecule has 0 bridgehead atoms. The van der Waals surface area contributed by atoms with Gasteiger partial charge in [-0.3, -0.25) is 4.79 Å². The molecule has 0 fully saturated rings. The van der Waals surface area contributed by atoms with Crippen LogP contribution in [0.1, 0.15) is 22.8 Å². The van der Waals surface area contributed by atoms with Crippen molar-refractivity contribution >= 4 is 6.29 Å². The molecule has 1 aromatic carbocycles. The van der Waals surface area contributed by atoms with Gasteiger partial charge in [-0.15, -0.1) is 0 Å². The monoisotopic (exact) mass is 164 g/mol. The van der Waals surface area contributed by atoms with E-state index in [0.29, 0.717) is 17.9 Å². The largest absolute Gasteiger partial charge is 0.493 e. The molecule has 2 heteroatoms. The highest BCUT2D eigenvalue weighted by atomic mass is 16.5. The molecule has 1 aromatic rings. The lowest BCUT2D eigenvalue weighted by atomic mass is 10.1. The van der Waals surface area contributed by atoms with Gasteiger partial charge in [0.25, 0.3) is 0 Å². The molecule has 2 nitrogen and oxygen atoms in total. The minimum Gasteiger partial charge on any atom is -0.493 e. The van der Waals surface area contributed by atoms with Gasteiger partial charge in [0.2, 0.25) is 0 Å². The first-order valence-corrected chi connectivity index (χ1v) is 3.96. The number of rotatable bonds is 3. The Hall–Kier alpha value is -1.31. The molecule has 0 aromatic heterocycles. The average molecular weight is 164 g/mol. The lowest BCUT2D eigenvalue weighted by Crippen LogP contribution is -1.95. The molecule has 0 radical (unpaired) electrons. The fourth-order valence-electron chi connectivity index (χ4n) is 1.05. The molecular formula is C10H12O2. The summed E-state index contributed by atoms with van der Waals surface area (Å²) in [4.78, 5) is 10.6. The molecule has 0 aliphatic heterocycles. The van der Waals surface area contributed by atoms with Crippen molar-refractivity contribution in [2.45, 2.75) is 13.8 Å². The second-order valence-corrected chi connectivity index (χ2v) is 2.59. The zero-order chi connectivity index (χ0) is 8.97. The van der Waals surface area contributed by atoms with E-state index in [0.717, 1.165) is 11.8 Å². The van der Waals surface area contributed by atoms with E-state index >= 15 is 0 Å². The Kier molecular flexibility index (Phi) is 2.86. The molecule has 0 N–H and O–H groups in total. The Bertz CT molecular complexity index is 279. The minimum absolute atomic E-state index is 0.587. The van der Waals surface area contributed by atoms with Crippen LogP contribution in [0.25, 0.3) is 0 Å². The van der Waals surface area contributed by atoms with Crippen molar-refractivity contribution < 1.29 is 9.53 Å². The molecule has 64 valence electrons. The Balaban J connectivity index is 3.02. The van der Waals surface area contributed by atoms with E-state index in [2.05, 4.69) is 0 Å². The van der Waals surface area contributed by atoms with E-state index < -0.39 is 0 Å². The van der Waals surface area contributed by atoms with Crippen molar-refractivity contribution in [1.82, 2.24) is 0 Å². The summed E-state index contributed by atoms with van der Waals surface area (Å²) in [7, 11) is 0. The van der Waals surface area contributed by atoms with E-state index in [1.165, 1.54) is 0 Å². The van der Waals surface area contributed by atoms with Crippen LogP contribution in [-0.4, -0.2) is 12.9 Å². The van der Waals surface area contributed by atoms with E-state index in [9.17, 15) is 4.79 Å². The van der Waals surface area contributed by atoms with Crippen LogP contribution in [0.4, 0.5) is 0 Å². The average Bonchev–Trinajstić information content (AvgIpc) is 2.08. The van der Waals surface area contributed by atoms with E-state index in [1.807, 2.05) is 32.0 Å². The summed E-state index contributed by atoms with van der Waals surface area (Å²) in [5.41, 5.74) is 1.69. The quantitative estimate of drug-likeness (QED) is 0.640. The van der Waals surface area contributed by atoms with Gasteiger partial charge in [-0.05, 0) is 26.0 Å². The lowest BCUT2D eigenvalue weighted by Gasteiger charge is -2.05. The molecule has 0 aliphatic rings. The zero-order valence-corrected chi connectivity index (χ0v) is 7.33. The molecule has 0 saturated heterocycles. The zero-order valence-electron chi connectivity index (χ0n) is 7.33. The summed E-state index contributed by atoms with van der Waals surface area (Å²) < 4.78 is 5.25. The van der Waals surface area contributed by atoms with Gasteiger partial charge in [-0.25, -0.2) is 0 Å². The first kappa shape index (κ1) is 8.78. The SMILES string of the molecule is CCOc1ccc(C)cc1C=O. The Labute approximate surface area is 72.2 Å². The van der Waals surface area contributed by atoms with Crippen molar-refractivity contribution in [3.05, 3.63) is 29.3 Å². The fraction of sp³-hybridized carbons (Fsp3) is 0.300. The van der Waals surface area contributed by atoms with Crippen LogP contribution >= 0.6 is 0 Å². The summed E-state index contributed by atoms with van der Waals surface area (Å²) in [6.07, 6.45) is 0.817. The van der Waals surface area contributed by atoms with Crippen LogP contribution in [-0.2, 0) is 0 Å². The van der Waals surface area contributed by atoms with Crippen molar-refractivity contribution in [3.63, 3.8) is 0 Å². The third kappa shape index (κ3) is 1.84. The van der Waals surface area contributed by atoms with E-state index in [-0.39, 0.29) is 0 Å². The number of aldehydes is 1. The second kappa shape index (κ2) is 3.90. The predicted molar refractivity (Wildman–Crippen MR) is 47.7 cm³/mol. The second-order valence-electron chi connectivity index (χ2n) is 2.59. The Morgan fingerprint density at radius 3 is 2.83 bits per heavy atom. The van der Waals surface area contributed by atoms with Crippen molar-refractivity contribution in [2.24, 2.45) is 0 Å². The third-order valence-corrected chi connectivity index (χ3v) is 1.59. The number of ether oxygens (including phenoxy) is 1. The summed E-state index contributed by atoms with van der Waals surface area (Å²) in [5, 5.41) is 0. The molecule has 0 atom stereocenters. The molecule has 0 spiro atoms. The number of hydrogen-bond acceptors (Lipinski definition) is 2. The first-order valence-electron chi connectivity index (χ1n) is 3.96. The Morgan fingerprint density at radius 1 is 1.50 bits per heavy atom. The molecule has 0 heterocycles. The predicted octanol–water partition coefficient (Wildman–Crippen LogP) is 2.21. The fourth-order valence-corrected chi connectivity index (χ4v) is 1.05. The highest BCUT2D eigenvalue weighted by Gasteiger charge is 2.00. The highest BCUT2D eigenvalue weighted by Crippen LogP contribution is 2.17. The molecular weight excluding hydrogens is 152 g/mol. The summed E-state index contributed by atoms with van der Waals surface area (Å²) in [6, 6.07) is 5.57. The number of benzene rings is 1. The van der Waals surface area contributed by atoms with Crippen LogP contribution in [0.5, 0.6) is 5.75 Å². The summed E-state index contributed by atoms with van der Waals surface area (Å²) in [6.45, 7) is 4.43. The van der Waals surface area contributed by atoms with Crippen molar-refractivity contribution in [1.29, 1.82) is 0 Å². The number of aryl methyl sites for hydroxylation is 1. The topological polar surface area (TPSA) is 26.3 Å². The van der Waals surface area contributed by atoms with Crippen molar-refractivity contribution in [2.75, 3.05) is 6.61 Å². The Morgan fingerprint density at radius 2 is 2.25 bits per heavy atom. The van der Waals surface area contributed by atoms with Gasteiger partial charge in [-0.2, -0.15) is 0 Å². The lowest BCUT2D eigenvalue weighted by molar-refractivity contribution is 0.112. The maximum atomic E-state index is 10.6. The van der Waals surface area contributed by atoms with Gasteiger partial charge >= 0.3 is 0 Å². The number of carbonyl (C=O) groups is 1. The molecule has 1 rings (SSSR count). The number of carbonyl (C=O) groups excluding carboxylic acids is 1. The normalized spacial score (nSPS) is 9.50. The number of hydrogen-bond donors (Lipinski definition) is 0. The molecule has 0 aliphatic carbocycles. The van der Waals surface area contributed by atoms with Crippen molar-refractivity contribution in [3.8, 4) is 5.75 Å². The minimum atomic E-state index is 0.587. The maximum Gasteiger partial charge on any atom is 0.153 e. The summed E-state index contributed by atoms with van der Waals surface area (Å²) in [5.74, 6) is 0.665. The van der Waals surface area contributed by atoms with Crippen LogP contribution in [0.3, 0.4) is 0 Å². The van der Waals surface area contributed by atoms with Gasteiger partial charge < -0.3 is 4.74 Å². The van der Waals surface area contributed by atoms with Crippen LogP contribution in [0, 0.1) is 6.92 Å². The van der Waals surface area contributed by atoms with Crippen LogP contribution in [0.15, 0.2) is 18.2 Å². The van der Waals surface area contributed by atoms with Crippen LogP contribution < -0.4 is 4.74 Å². The maximum absolute atomic E-state index is 10.6. The van der Waals surface area contributed by atoms with Gasteiger partial charge in [0.05, 0.1) is 12.2 Å². The standard InChI is InChI=1S/C10H12O2/c1-3-12-10-5-4-8(2)6-9(10)7-11/h4-7H,3H2,1-2H3. The molecule has 12 heavy (non-hydrogen) atoms. The van der Waals surface area contributed by atoms with Gasteiger partial charge in [-0.1, -0.05) is 11.6 Å². The highest BCUT2D eigenvalue weighted by molar-refractivity contribution is 5.79. The van der Waals surface area contributed by atoms with Gasteiger partial charge in [0, 0.05) is 0 Å². The van der Waals surface area contributed by atoms with Crippen LogP contribution in [0.2, 0.25) is 0 Å². The van der Waals surface area contributed by atoms with Gasteiger partial charge in [0.15, 0.2) is 6.29 Å². The van der Waals surface area contributed by atoms with E-state index in [4.69, 9.17) is 4.74 Å². The molecule has 0 unspecified atom stereocenters. The smallest absolute Gasteiger partial charge is 0.153 e. The van der Waals surface area contributed by atoms with E-state index in [1.54, 1.807) is 0 Å². The first-order chi connectivity index (χ1) is 5.77. The third-order valence-electron chi connectivity index (χ3n) is 1.59. The summed E-state index contributed by atoms with van der Waals surface area (Å²) >= 11 is 0. The molecule has 0 amide bonds.